The fourth-order valence-corrected chi connectivity index (χ4v) is 2.16. The quantitative estimate of drug-likeness (QED) is 0.763. The molecule has 1 aromatic carbocycles. The zero-order valence-corrected chi connectivity index (χ0v) is 12.2. The number of benzene rings is 1. The average Bonchev–Trinajstić information content (AvgIpc) is 2.73. The molecular formula is C15H20N4O2. The molecule has 1 amide bonds. The number of nitrogen functional groups attached to an aromatic ring is 1. The molecule has 0 fully saturated rings. The zero-order chi connectivity index (χ0) is 15.4. The van der Waals surface area contributed by atoms with E-state index in [4.69, 9.17) is 5.73 Å². The van der Waals surface area contributed by atoms with Crippen molar-refractivity contribution in [2.75, 3.05) is 12.3 Å². The van der Waals surface area contributed by atoms with Crippen molar-refractivity contribution < 1.29 is 9.90 Å². The second-order valence-electron chi connectivity index (χ2n) is 4.96. The number of rotatable bonds is 5. The zero-order valence-electron chi connectivity index (χ0n) is 12.2. The number of carbonyl (C=O) groups is 1. The van der Waals surface area contributed by atoms with Crippen LogP contribution in [0.5, 0.6) is 0 Å². The standard InChI is InChI=1S/C15H20N4O2/c1-10-15(16)11(2)19(18-10)8-14(21)17-13(9-20)12-6-4-3-5-7-12/h3-7,13,20H,8-9,16H2,1-2H3,(H,17,21). The summed E-state index contributed by atoms with van der Waals surface area (Å²) in [6.45, 7) is 3.54. The van der Waals surface area contributed by atoms with Gasteiger partial charge in [-0.25, -0.2) is 0 Å². The first kappa shape index (κ1) is 15.1. The van der Waals surface area contributed by atoms with E-state index in [9.17, 15) is 9.90 Å². The number of nitrogens with zero attached hydrogens (tertiary/aromatic N) is 2. The number of anilines is 1. The highest BCUT2D eigenvalue weighted by Crippen LogP contribution is 2.15. The van der Waals surface area contributed by atoms with Crippen molar-refractivity contribution in [2.24, 2.45) is 0 Å². The Hall–Kier alpha value is -2.34. The maximum atomic E-state index is 12.1. The molecule has 0 radical (unpaired) electrons. The predicted octanol–water partition coefficient (Wildman–Crippen LogP) is 0.932. The lowest BCUT2D eigenvalue weighted by molar-refractivity contribution is -0.123. The first-order chi connectivity index (χ1) is 10.0. The summed E-state index contributed by atoms with van der Waals surface area (Å²) in [6.07, 6.45) is 0. The molecule has 0 spiro atoms. The fourth-order valence-electron chi connectivity index (χ4n) is 2.16. The summed E-state index contributed by atoms with van der Waals surface area (Å²) in [4.78, 5) is 12.1. The third kappa shape index (κ3) is 3.41. The van der Waals surface area contributed by atoms with Crippen LogP contribution >= 0.6 is 0 Å². The summed E-state index contributed by atoms with van der Waals surface area (Å²) in [5, 5.41) is 16.5. The minimum Gasteiger partial charge on any atom is -0.396 e. The Morgan fingerprint density at radius 2 is 2.05 bits per heavy atom. The minimum atomic E-state index is -0.423. The fraction of sp³-hybridized carbons (Fsp3) is 0.333. The Labute approximate surface area is 123 Å². The van der Waals surface area contributed by atoms with Gasteiger partial charge in [-0.3, -0.25) is 9.48 Å². The number of amides is 1. The van der Waals surface area contributed by atoms with Crippen LogP contribution in [0.3, 0.4) is 0 Å². The molecule has 0 saturated carbocycles. The van der Waals surface area contributed by atoms with Gasteiger partial charge < -0.3 is 16.2 Å². The van der Waals surface area contributed by atoms with Gasteiger partial charge in [0, 0.05) is 0 Å². The molecule has 1 unspecified atom stereocenters. The molecule has 0 bridgehead atoms. The number of aromatic nitrogens is 2. The van der Waals surface area contributed by atoms with Crippen molar-refractivity contribution in [3.63, 3.8) is 0 Å². The molecule has 1 atom stereocenters. The molecule has 0 aliphatic heterocycles. The van der Waals surface area contributed by atoms with Crippen LogP contribution in [-0.2, 0) is 11.3 Å². The molecular weight excluding hydrogens is 268 g/mol. The SMILES string of the molecule is Cc1nn(CC(=O)NC(CO)c2ccccc2)c(C)c1N. The van der Waals surface area contributed by atoms with Crippen molar-refractivity contribution in [3.05, 3.63) is 47.3 Å². The van der Waals surface area contributed by atoms with Crippen LogP contribution < -0.4 is 11.1 Å². The molecule has 2 aromatic rings. The lowest BCUT2D eigenvalue weighted by Crippen LogP contribution is -2.33. The van der Waals surface area contributed by atoms with Gasteiger partial charge in [0.15, 0.2) is 0 Å². The summed E-state index contributed by atoms with van der Waals surface area (Å²) >= 11 is 0. The highest BCUT2D eigenvalue weighted by atomic mass is 16.3. The number of aryl methyl sites for hydroxylation is 1. The van der Waals surface area contributed by atoms with E-state index in [2.05, 4.69) is 10.4 Å². The Morgan fingerprint density at radius 3 is 2.57 bits per heavy atom. The van der Waals surface area contributed by atoms with E-state index in [1.165, 1.54) is 0 Å². The normalized spacial score (nSPS) is 12.1. The predicted molar refractivity (Wildman–Crippen MR) is 80.5 cm³/mol. The number of aliphatic hydroxyl groups excluding tert-OH is 1. The smallest absolute Gasteiger partial charge is 0.242 e. The summed E-state index contributed by atoms with van der Waals surface area (Å²) < 4.78 is 1.57. The third-order valence-corrected chi connectivity index (χ3v) is 3.45. The van der Waals surface area contributed by atoms with Gasteiger partial charge in [0.2, 0.25) is 5.91 Å². The van der Waals surface area contributed by atoms with Gasteiger partial charge in [-0.1, -0.05) is 30.3 Å². The number of nitrogens with one attached hydrogen (secondary N) is 1. The minimum absolute atomic E-state index is 0.0766. The lowest BCUT2D eigenvalue weighted by Gasteiger charge is -2.17. The topological polar surface area (TPSA) is 93.2 Å². The first-order valence-corrected chi connectivity index (χ1v) is 6.77. The number of aliphatic hydroxyl groups is 1. The van der Waals surface area contributed by atoms with Crippen molar-refractivity contribution >= 4 is 11.6 Å². The number of nitrogens with two attached hydrogens (primary N) is 1. The molecule has 1 aromatic heterocycles. The lowest BCUT2D eigenvalue weighted by atomic mass is 10.1. The Morgan fingerprint density at radius 1 is 1.38 bits per heavy atom. The van der Waals surface area contributed by atoms with Gasteiger partial charge in [-0.05, 0) is 19.4 Å². The van der Waals surface area contributed by atoms with Crippen LogP contribution in [0.4, 0.5) is 5.69 Å². The van der Waals surface area contributed by atoms with Crippen LogP contribution in [0.1, 0.15) is 23.0 Å². The van der Waals surface area contributed by atoms with Crippen LogP contribution in [-0.4, -0.2) is 27.4 Å². The van der Waals surface area contributed by atoms with Crippen molar-refractivity contribution in [3.8, 4) is 0 Å². The molecule has 2 rings (SSSR count). The van der Waals surface area contributed by atoms with Gasteiger partial charge in [0.25, 0.3) is 0 Å². The van der Waals surface area contributed by atoms with E-state index in [-0.39, 0.29) is 19.1 Å². The van der Waals surface area contributed by atoms with Gasteiger partial charge in [-0.2, -0.15) is 5.10 Å². The maximum absolute atomic E-state index is 12.1. The highest BCUT2D eigenvalue weighted by molar-refractivity contribution is 5.76. The monoisotopic (exact) mass is 288 g/mol. The van der Waals surface area contributed by atoms with E-state index in [1.54, 1.807) is 11.6 Å². The van der Waals surface area contributed by atoms with Crippen LogP contribution in [0.15, 0.2) is 30.3 Å². The van der Waals surface area contributed by atoms with Gasteiger partial charge in [0.05, 0.1) is 29.7 Å². The highest BCUT2D eigenvalue weighted by Gasteiger charge is 2.16. The van der Waals surface area contributed by atoms with Crippen molar-refractivity contribution in [1.29, 1.82) is 0 Å². The molecule has 0 saturated heterocycles. The Kier molecular flexibility index (Phi) is 4.59. The number of carbonyl (C=O) groups excluding carboxylic acids is 1. The van der Waals surface area contributed by atoms with E-state index < -0.39 is 6.04 Å². The van der Waals surface area contributed by atoms with E-state index in [0.29, 0.717) is 11.4 Å². The number of hydrogen-bond donors (Lipinski definition) is 3. The maximum Gasteiger partial charge on any atom is 0.242 e. The molecule has 6 nitrogen and oxygen atoms in total. The third-order valence-electron chi connectivity index (χ3n) is 3.45. The molecule has 6 heteroatoms. The second kappa shape index (κ2) is 6.41. The molecule has 0 aliphatic carbocycles. The summed E-state index contributed by atoms with van der Waals surface area (Å²) in [6, 6.07) is 8.93. The van der Waals surface area contributed by atoms with Crippen molar-refractivity contribution in [1.82, 2.24) is 15.1 Å². The molecule has 0 aliphatic rings. The van der Waals surface area contributed by atoms with Gasteiger partial charge in [-0.15, -0.1) is 0 Å². The van der Waals surface area contributed by atoms with E-state index in [0.717, 1.165) is 11.3 Å². The molecule has 112 valence electrons. The van der Waals surface area contributed by atoms with Gasteiger partial charge >= 0.3 is 0 Å². The van der Waals surface area contributed by atoms with E-state index >= 15 is 0 Å². The largest absolute Gasteiger partial charge is 0.396 e. The Bertz CT molecular complexity index is 622. The average molecular weight is 288 g/mol. The van der Waals surface area contributed by atoms with Gasteiger partial charge in [0.1, 0.15) is 6.54 Å². The summed E-state index contributed by atoms with van der Waals surface area (Å²) in [5.74, 6) is -0.219. The van der Waals surface area contributed by atoms with Crippen LogP contribution in [0, 0.1) is 13.8 Å². The second-order valence-corrected chi connectivity index (χ2v) is 4.96. The number of hydrogen-bond acceptors (Lipinski definition) is 4. The summed E-state index contributed by atoms with van der Waals surface area (Å²) in [7, 11) is 0. The van der Waals surface area contributed by atoms with Crippen molar-refractivity contribution in [2.45, 2.75) is 26.4 Å². The van der Waals surface area contributed by atoms with Crippen LogP contribution in [0.2, 0.25) is 0 Å². The molecule has 21 heavy (non-hydrogen) atoms. The van der Waals surface area contributed by atoms with Crippen LogP contribution in [0.25, 0.3) is 0 Å². The molecule has 4 N–H and O–H groups in total. The molecule has 1 heterocycles. The first-order valence-electron chi connectivity index (χ1n) is 6.77. The van der Waals surface area contributed by atoms with E-state index in [1.807, 2.05) is 37.3 Å². The summed E-state index contributed by atoms with van der Waals surface area (Å²) in [5.41, 5.74) is 8.78. The Balaban J connectivity index is 2.05.